The molecule has 0 heterocycles. The molecule has 0 fully saturated rings. The van der Waals surface area contributed by atoms with Crippen molar-refractivity contribution in [1.82, 2.24) is 4.90 Å². The van der Waals surface area contributed by atoms with Crippen molar-refractivity contribution in [1.29, 1.82) is 0 Å². The number of nitrogens with zero attached hydrogens (tertiary/aromatic N) is 1. The summed E-state index contributed by atoms with van der Waals surface area (Å²) in [5.74, 6) is 1.65. The summed E-state index contributed by atoms with van der Waals surface area (Å²) in [6.07, 6.45) is 0. The quantitative estimate of drug-likeness (QED) is 0.653. The van der Waals surface area contributed by atoms with Crippen LogP contribution in [0.2, 0.25) is 0 Å². The van der Waals surface area contributed by atoms with Gasteiger partial charge < -0.3 is 9.47 Å². The zero-order chi connectivity index (χ0) is 13.2. The molecule has 3 nitrogen and oxygen atoms in total. The Morgan fingerprint density at radius 2 is 1.72 bits per heavy atom. The van der Waals surface area contributed by atoms with E-state index in [1.807, 2.05) is 31.2 Å². The summed E-state index contributed by atoms with van der Waals surface area (Å²) < 4.78 is 11.3. The maximum atomic E-state index is 5.79. The molecule has 4 heteroatoms. The van der Waals surface area contributed by atoms with Gasteiger partial charge in [0.25, 0.3) is 0 Å². The summed E-state index contributed by atoms with van der Waals surface area (Å²) in [6, 6.07) is 7.82. The van der Waals surface area contributed by atoms with Crippen molar-refractivity contribution in [2.24, 2.45) is 0 Å². The van der Waals surface area contributed by atoms with Gasteiger partial charge in [0.15, 0.2) is 11.5 Å². The van der Waals surface area contributed by atoms with Gasteiger partial charge in [0.1, 0.15) is 6.61 Å². The van der Waals surface area contributed by atoms with E-state index in [4.69, 9.17) is 9.47 Å². The average molecular weight is 316 g/mol. The molecule has 0 radical (unpaired) electrons. The van der Waals surface area contributed by atoms with Crippen molar-refractivity contribution < 1.29 is 9.47 Å². The topological polar surface area (TPSA) is 21.7 Å². The van der Waals surface area contributed by atoms with Crippen molar-refractivity contribution in [2.45, 2.75) is 13.8 Å². The lowest BCUT2D eigenvalue weighted by Crippen LogP contribution is -2.30. The van der Waals surface area contributed by atoms with E-state index in [0.29, 0.717) is 13.2 Å². The molecule has 0 saturated carbocycles. The highest BCUT2D eigenvalue weighted by Gasteiger charge is 2.05. The predicted octanol–water partition coefficient (Wildman–Crippen LogP) is 3.18. The Morgan fingerprint density at radius 1 is 1.06 bits per heavy atom. The molecule has 0 saturated heterocycles. The van der Waals surface area contributed by atoms with E-state index >= 15 is 0 Å². The van der Waals surface area contributed by atoms with E-state index in [1.165, 1.54) is 0 Å². The van der Waals surface area contributed by atoms with Crippen LogP contribution >= 0.6 is 15.9 Å². The molecule has 18 heavy (non-hydrogen) atoms. The van der Waals surface area contributed by atoms with E-state index in [2.05, 4.69) is 27.8 Å². The average Bonchev–Trinajstić information content (AvgIpc) is 2.40. The minimum atomic E-state index is 0.658. The van der Waals surface area contributed by atoms with Gasteiger partial charge in [-0.2, -0.15) is 0 Å². The van der Waals surface area contributed by atoms with Crippen LogP contribution in [0.15, 0.2) is 24.3 Å². The maximum Gasteiger partial charge on any atom is 0.161 e. The molecule has 0 aliphatic heterocycles. The summed E-state index contributed by atoms with van der Waals surface area (Å²) in [4.78, 5) is 2.35. The molecule has 0 aliphatic carbocycles. The summed E-state index contributed by atoms with van der Waals surface area (Å²) in [5, 5.41) is 0.996. The number of ether oxygens (including phenoxy) is 2. The molecule has 1 aromatic carbocycles. The van der Waals surface area contributed by atoms with Crippen molar-refractivity contribution in [3.05, 3.63) is 24.3 Å². The van der Waals surface area contributed by atoms with E-state index in [0.717, 1.165) is 36.5 Å². The lowest BCUT2D eigenvalue weighted by atomic mass is 10.3. The Labute approximate surface area is 118 Å². The molecule has 0 bridgehead atoms. The zero-order valence-corrected chi connectivity index (χ0v) is 12.8. The van der Waals surface area contributed by atoms with E-state index < -0.39 is 0 Å². The highest BCUT2D eigenvalue weighted by atomic mass is 79.9. The summed E-state index contributed by atoms with van der Waals surface area (Å²) in [5.41, 5.74) is 0. The summed E-state index contributed by atoms with van der Waals surface area (Å²) in [6.45, 7) is 8.51. The standard InChI is InChI=1S/C14H22BrNO2/c1-3-16(10-9-15)11-12-18-14-8-6-5-7-13(14)17-4-2/h5-8H,3-4,9-12H2,1-2H3. The fourth-order valence-corrected chi connectivity index (χ4v) is 2.18. The van der Waals surface area contributed by atoms with Crippen molar-refractivity contribution in [3.8, 4) is 11.5 Å². The third-order valence-corrected chi connectivity index (χ3v) is 3.02. The number of para-hydroxylation sites is 2. The van der Waals surface area contributed by atoms with E-state index in [1.54, 1.807) is 0 Å². The monoisotopic (exact) mass is 315 g/mol. The first-order valence-electron chi connectivity index (χ1n) is 6.44. The molecule has 0 N–H and O–H groups in total. The van der Waals surface area contributed by atoms with Crippen LogP contribution in [-0.2, 0) is 0 Å². The van der Waals surface area contributed by atoms with Crippen LogP contribution in [0.25, 0.3) is 0 Å². The van der Waals surface area contributed by atoms with Crippen LogP contribution in [0, 0.1) is 0 Å². The van der Waals surface area contributed by atoms with Crippen LogP contribution in [0.3, 0.4) is 0 Å². The van der Waals surface area contributed by atoms with Gasteiger partial charge in [-0.3, -0.25) is 4.90 Å². The third-order valence-electron chi connectivity index (χ3n) is 2.66. The lowest BCUT2D eigenvalue weighted by molar-refractivity contribution is 0.215. The molecular weight excluding hydrogens is 294 g/mol. The number of rotatable bonds is 9. The highest BCUT2D eigenvalue weighted by Crippen LogP contribution is 2.26. The van der Waals surface area contributed by atoms with Crippen LogP contribution in [0.1, 0.15) is 13.8 Å². The lowest BCUT2D eigenvalue weighted by Gasteiger charge is -2.19. The Kier molecular flexibility index (Phi) is 7.85. The van der Waals surface area contributed by atoms with Crippen molar-refractivity contribution >= 4 is 15.9 Å². The first-order chi connectivity index (χ1) is 8.81. The molecule has 102 valence electrons. The van der Waals surface area contributed by atoms with Crippen molar-refractivity contribution in [2.75, 3.05) is 38.2 Å². The second kappa shape index (κ2) is 9.22. The number of hydrogen-bond donors (Lipinski definition) is 0. The minimum absolute atomic E-state index is 0.658. The molecule has 0 atom stereocenters. The fraction of sp³-hybridized carbons (Fsp3) is 0.571. The predicted molar refractivity (Wildman–Crippen MR) is 79.0 cm³/mol. The number of hydrogen-bond acceptors (Lipinski definition) is 3. The van der Waals surface area contributed by atoms with Gasteiger partial charge in [-0.05, 0) is 25.6 Å². The van der Waals surface area contributed by atoms with E-state index in [9.17, 15) is 0 Å². The Bertz CT molecular complexity index is 333. The van der Waals surface area contributed by atoms with Gasteiger partial charge in [0.05, 0.1) is 6.61 Å². The number of likely N-dealkylation sites (N-methyl/N-ethyl adjacent to an activating group) is 1. The highest BCUT2D eigenvalue weighted by molar-refractivity contribution is 9.09. The second-order valence-electron chi connectivity index (χ2n) is 3.85. The molecular formula is C14H22BrNO2. The molecule has 0 spiro atoms. The van der Waals surface area contributed by atoms with Gasteiger partial charge in [-0.15, -0.1) is 0 Å². The summed E-state index contributed by atoms with van der Waals surface area (Å²) >= 11 is 3.46. The van der Waals surface area contributed by atoms with Gasteiger partial charge in [0, 0.05) is 18.4 Å². The molecule has 0 aliphatic rings. The Balaban J connectivity index is 2.42. The van der Waals surface area contributed by atoms with Gasteiger partial charge >= 0.3 is 0 Å². The third kappa shape index (κ3) is 5.27. The Morgan fingerprint density at radius 3 is 2.28 bits per heavy atom. The smallest absolute Gasteiger partial charge is 0.161 e. The minimum Gasteiger partial charge on any atom is -0.490 e. The van der Waals surface area contributed by atoms with Gasteiger partial charge in [0.2, 0.25) is 0 Å². The fourth-order valence-electron chi connectivity index (χ4n) is 1.68. The van der Waals surface area contributed by atoms with Crippen LogP contribution < -0.4 is 9.47 Å². The molecule has 0 amide bonds. The first kappa shape index (κ1) is 15.3. The summed E-state index contributed by atoms with van der Waals surface area (Å²) in [7, 11) is 0. The SMILES string of the molecule is CCOc1ccccc1OCCN(CC)CCBr. The molecule has 0 unspecified atom stereocenters. The Hall–Kier alpha value is -0.740. The normalized spacial score (nSPS) is 10.7. The van der Waals surface area contributed by atoms with Crippen LogP contribution in [-0.4, -0.2) is 43.1 Å². The number of halogens is 1. The van der Waals surface area contributed by atoms with E-state index in [-0.39, 0.29) is 0 Å². The second-order valence-corrected chi connectivity index (χ2v) is 4.64. The van der Waals surface area contributed by atoms with Gasteiger partial charge in [-0.25, -0.2) is 0 Å². The first-order valence-corrected chi connectivity index (χ1v) is 7.56. The largest absolute Gasteiger partial charge is 0.490 e. The molecule has 1 aromatic rings. The van der Waals surface area contributed by atoms with Crippen LogP contribution in [0.5, 0.6) is 11.5 Å². The number of alkyl halides is 1. The molecule has 1 rings (SSSR count). The zero-order valence-electron chi connectivity index (χ0n) is 11.2. The number of benzene rings is 1. The molecule has 0 aromatic heterocycles. The van der Waals surface area contributed by atoms with Crippen LogP contribution in [0.4, 0.5) is 0 Å². The van der Waals surface area contributed by atoms with Gasteiger partial charge in [-0.1, -0.05) is 35.0 Å². The van der Waals surface area contributed by atoms with Crippen molar-refractivity contribution in [3.63, 3.8) is 0 Å². The maximum absolute atomic E-state index is 5.79.